The summed E-state index contributed by atoms with van der Waals surface area (Å²) in [6, 6.07) is 0. The van der Waals surface area contributed by atoms with E-state index in [1.165, 1.54) is 0 Å². The first-order valence-electron chi connectivity index (χ1n) is 2.91. The summed E-state index contributed by atoms with van der Waals surface area (Å²) < 4.78 is 0. The number of aliphatic hydroxyl groups is 3. The molecule has 0 bridgehead atoms. The largest absolute Gasteiger partial charge is 0.393 e. The maximum absolute atomic E-state index is 9.21. The van der Waals surface area contributed by atoms with Gasteiger partial charge in [0.1, 0.15) is 5.60 Å². The molecule has 1 saturated heterocycles. The van der Waals surface area contributed by atoms with Gasteiger partial charge in [0, 0.05) is 13.1 Å². The lowest BCUT2D eigenvalue weighted by Gasteiger charge is -2.21. The third-order valence-corrected chi connectivity index (χ3v) is 1.66. The van der Waals surface area contributed by atoms with Crippen LogP contribution < -0.4 is 5.32 Å². The Labute approximate surface area is 53.1 Å². The molecule has 0 radical (unpaired) electrons. The molecule has 4 nitrogen and oxygen atoms in total. The fourth-order valence-electron chi connectivity index (χ4n) is 0.894. The Hall–Kier alpha value is -0.160. The molecular formula is C5H11NO3. The fourth-order valence-corrected chi connectivity index (χ4v) is 0.894. The summed E-state index contributed by atoms with van der Waals surface area (Å²) in [5.74, 6) is 0. The molecule has 0 aromatic carbocycles. The smallest absolute Gasteiger partial charge is 0.127 e. The van der Waals surface area contributed by atoms with E-state index in [0.717, 1.165) is 0 Å². The minimum absolute atomic E-state index is 0.269. The molecule has 4 heteroatoms. The summed E-state index contributed by atoms with van der Waals surface area (Å²) in [5.41, 5.74) is -1.31. The van der Waals surface area contributed by atoms with Gasteiger partial charge in [-0.1, -0.05) is 0 Å². The van der Waals surface area contributed by atoms with E-state index in [1.807, 2.05) is 0 Å². The fraction of sp³-hybridized carbons (Fsp3) is 1.00. The van der Waals surface area contributed by atoms with Crippen molar-refractivity contribution in [2.45, 2.75) is 11.7 Å². The van der Waals surface area contributed by atoms with Crippen molar-refractivity contribution in [1.82, 2.24) is 5.32 Å². The van der Waals surface area contributed by atoms with Crippen LogP contribution in [0.25, 0.3) is 0 Å². The zero-order valence-corrected chi connectivity index (χ0v) is 5.04. The quantitative estimate of drug-likeness (QED) is 0.324. The van der Waals surface area contributed by atoms with Gasteiger partial charge in [-0.2, -0.15) is 0 Å². The molecule has 2 atom stereocenters. The molecule has 1 fully saturated rings. The molecule has 0 unspecified atom stereocenters. The second-order valence-electron chi connectivity index (χ2n) is 2.41. The van der Waals surface area contributed by atoms with E-state index in [9.17, 15) is 5.11 Å². The van der Waals surface area contributed by atoms with Gasteiger partial charge in [-0.3, -0.25) is 0 Å². The van der Waals surface area contributed by atoms with E-state index in [0.29, 0.717) is 6.54 Å². The Balaban J connectivity index is 2.56. The van der Waals surface area contributed by atoms with Gasteiger partial charge in [-0.05, 0) is 0 Å². The monoisotopic (exact) mass is 133 g/mol. The van der Waals surface area contributed by atoms with Gasteiger partial charge in [-0.25, -0.2) is 0 Å². The van der Waals surface area contributed by atoms with Crippen molar-refractivity contribution in [3.8, 4) is 0 Å². The summed E-state index contributed by atoms with van der Waals surface area (Å²) in [4.78, 5) is 0. The molecule has 1 aliphatic heterocycles. The van der Waals surface area contributed by atoms with E-state index in [-0.39, 0.29) is 13.2 Å². The minimum atomic E-state index is -1.31. The second-order valence-corrected chi connectivity index (χ2v) is 2.41. The molecule has 1 aliphatic rings. The van der Waals surface area contributed by atoms with Gasteiger partial charge < -0.3 is 20.6 Å². The summed E-state index contributed by atoms with van der Waals surface area (Å²) in [6.45, 7) is 0.239. The van der Waals surface area contributed by atoms with Crippen LogP contribution in [0.15, 0.2) is 0 Å². The lowest BCUT2D eigenvalue weighted by molar-refractivity contribution is -0.0731. The number of hydrogen-bond acceptors (Lipinski definition) is 4. The van der Waals surface area contributed by atoms with E-state index in [4.69, 9.17) is 10.2 Å². The van der Waals surface area contributed by atoms with E-state index < -0.39 is 11.7 Å². The van der Waals surface area contributed by atoms with Crippen LogP contribution in [0.3, 0.4) is 0 Å². The lowest BCUT2D eigenvalue weighted by atomic mass is 10.0. The summed E-state index contributed by atoms with van der Waals surface area (Å²) >= 11 is 0. The standard InChI is InChI=1S/C5H11NO3/c7-3-5(9)2-6-1-4(5)8/h4,6-9H,1-3H2/t4-,5+/m1/s1. The molecule has 0 amide bonds. The maximum Gasteiger partial charge on any atom is 0.127 e. The molecule has 54 valence electrons. The minimum Gasteiger partial charge on any atom is -0.393 e. The van der Waals surface area contributed by atoms with E-state index in [2.05, 4.69) is 5.32 Å². The highest BCUT2D eigenvalue weighted by atomic mass is 16.4. The maximum atomic E-state index is 9.21. The average Bonchev–Trinajstić information content (AvgIpc) is 2.15. The highest BCUT2D eigenvalue weighted by Gasteiger charge is 2.39. The molecule has 1 heterocycles. The molecule has 4 N–H and O–H groups in total. The van der Waals surface area contributed by atoms with Crippen molar-refractivity contribution >= 4 is 0 Å². The predicted octanol–water partition coefficient (Wildman–Crippen LogP) is -2.33. The van der Waals surface area contributed by atoms with Crippen molar-refractivity contribution in [2.75, 3.05) is 19.7 Å². The van der Waals surface area contributed by atoms with Crippen LogP contribution in [0.1, 0.15) is 0 Å². The van der Waals surface area contributed by atoms with Crippen molar-refractivity contribution in [1.29, 1.82) is 0 Å². The first-order valence-corrected chi connectivity index (χ1v) is 2.91. The van der Waals surface area contributed by atoms with Crippen LogP contribution in [-0.4, -0.2) is 46.7 Å². The molecule has 0 saturated carbocycles. The first kappa shape index (κ1) is 6.95. The zero-order chi connectivity index (χ0) is 6.91. The van der Waals surface area contributed by atoms with Crippen LogP contribution in [0.2, 0.25) is 0 Å². The van der Waals surface area contributed by atoms with Gasteiger partial charge in [0.2, 0.25) is 0 Å². The number of hydrogen-bond donors (Lipinski definition) is 4. The predicted molar refractivity (Wildman–Crippen MR) is 30.9 cm³/mol. The highest BCUT2D eigenvalue weighted by molar-refractivity contribution is 4.95. The summed E-state index contributed by atoms with van der Waals surface area (Å²) in [5, 5.41) is 29.5. The number of nitrogens with one attached hydrogen (secondary N) is 1. The van der Waals surface area contributed by atoms with Crippen LogP contribution >= 0.6 is 0 Å². The average molecular weight is 133 g/mol. The third-order valence-electron chi connectivity index (χ3n) is 1.66. The topological polar surface area (TPSA) is 72.7 Å². The van der Waals surface area contributed by atoms with Crippen molar-refractivity contribution < 1.29 is 15.3 Å². The third kappa shape index (κ3) is 1.07. The Morgan fingerprint density at radius 1 is 1.67 bits per heavy atom. The second kappa shape index (κ2) is 2.22. The molecule has 0 aromatic heterocycles. The Morgan fingerprint density at radius 3 is 2.56 bits per heavy atom. The van der Waals surface area contributed by atoms with Gasteiger partial charge in [0.05, 0.1) is 12.7 Å². The Kier molecular flexibility index (Phi) is 1.72. The molecule has 9 heavy (non-hydrogen) atoms. The van der Waals surface area contributed by atoms with E-state index >= 15 is 0 Å². The molecule has 0 spiro atoms. The highest BCUT2D eigenvalue weighted by Crippen LogP contribution is 2.13. The SMILES string of the molecule is OC[C@@]1(O)CNC[C@H]1O. The van der Waals surface area contributed by atoms with Crippen LogP contribution in [-0.2, 0) is 0 Å². The van der Waals surface area contributed by atoms with Crippen LogP contribution in [0.4, 0.5) is 0 Å². The van der Waals surface area contributed by atoms with E-state index in [1.54, 1.807) is 0 Å². The van der Waals surface area contributed by atoms with Crippen LogP contribution in [0, 0.1) is 0 Å². The summed E-state index contributed by atoms with van der Waals surface area (Å²) in [7, 11) is 0. The number of rotatable bonds is 1. The molecule has 0 aliphatic carbocycles. The molecule has 0 aromatic rings. The molecule has 1 rings (SSSR count). The van der Waals surface area contributed by atoms with Crippen LogP contribution in [0.5, 0.6) is 0 Å². The number of aliphatic hydroxyl groups excluding tert-OH is 2. The van der Waals surface area contributed by atoms with Crippen molar-refractivity contribution in [3.05, 3.63) is 0 Å². The van der Waals surface area contributed by atoms with Crippen molar-refractivity contribution in [3.63, 3.8) is 0 Å². The van der Waals surface area contributed by atoms with Gasteiger partial charge in [0.15, 0.2) is 0 Å². The summed E-state index contributed by atoms with van der Waals surface area (Å²) in [6.07, 6.45) is -0.831. The lowest BCUT2D eigenvalue weighted by Crippen LogP contribution is -2.44. The Bertz CT molecular complexity index is 108. The number of β-amino-alcohol motifs (C(OH)–C–C–N with tert-alkyl or cyclic N) is 2. The van der Waals surface area contributed by atoms with Gasteiger partial charge >= 0.3 is 0 Å². The van der Waals surface area contributed by atoms with Crippen molar-refractivity contribution in [2.24, 2.45) is 0 Å². The normalized spacial score (nSPS) is 43.7. The molecular weight excluding hydrogens is 122 g/mol. The zero-order valence-electron chi connectivity index (χ0n) is 5.04. The first-order chi connectivity index (χ1) is 4.19. The Morgan fingerprint density at radius 2 is 2.33 bits per heavy atom. The van der Waals surface area contributed by atoms with Gasteiger partial charge in [0.25, 0.3) is 0 Å². The van der Waals surface area contributed by atoms with Gasteiger partial charge in [-0.15, -0.1) is 0 Å².